The third-order valence-electron chi connectivity index (χ3n) is 6.66. The average molecular weight is 518 g/mol. The second kappa shape index (κ2) is 13.4. The van der Waals surface area contributed by atoms with Gasteiger partial charge in [-0.1, -0.05) is 36.7 Å². The van der Waals surface area contributed by atoms with Crippen LogP contribution in [0.4, 0.5) is 5.69 Å². The number of rotatable bonds is 10. The summed E-state index contributed by atoms with van der Waals surface area (Å²) < 4.78 is 11.8. The fourth-order valence-electron chi connectivity index (χ4n) is 4.15. The number of nitrogens with one attached hydrogen (secondary N) is 3. The summed E-state index contributed by atoms with van der Waals surface area (Å²) in [6.45, 7) is 13.6. The number of nitroso groups, excluding NO2 is 1. The number of hydrogen-bond acceptors (Lipinski definition) is 5. The number of benzene rings is 1. The van der Waals surface area contributed by atoms with Crippen molar-refractivity contribution in [1.29, 1.82) is 0 Å². The van der Waals surface area contributed by atoms with Crippen LogP contribution in [0.1, 0.15) is 59.4 Å². The summed E-state index contributed by atoms with van der Waals surface area (Å²) in [7, 11) is 0. The molecule has 2 unspecified atom stereocenters. The number of halogens is 1. The monoisotopic (exact) mass is 517 g/mol. The zero-order valence-electron chi connectivity index (χ0n) is 22.3. The van der Waals surface area contributed by atoms with Crippen LogP contribution in [-0.4, -0.2) is 55.5 Å². The smallest absolute Gasteiger partial charge is 0.247 e. The Morgan fingerprint density at radius 3 is 2.81 bits per heavy atom. The molecular weight excluding hydrogens is 476 g/mol. The molecule has 0 radical (unpaired) electrons. The van der Waals surface area contributed by atoms with Crippen molar-refractivity contribution in [1.82, 2.24) is 10.7 Å². The Balaban J connectivity index is 1.80. The van der Waals surface area contributed by atoms with Gasteiger partial charge in [-0.2, -0.15) is 0 Å². The minimum atomic E-state index is -0.234. The minimum absolute atomic E-state index is 0.000858. The number of nitrogens with zero attached hydrogens (tertiary/aromatic N) is 1. The van der Waals surface area contributed by atoms with E-state index in [1.807, 2.05) is 58.0 Å². The van der Waals surface area contributed by atoms with E-state index < -0.39 is 0 Å². The van der Waals surface area contributed by atoms with Gasteiger partial charge < -0.3 is 20.1 Å². The Bertz CT molecular complexity index is 986. The summed E-state index contributed by atoms with van der Waals surface area (Å²) in [4.78, 5) is 13.9. The van der Waals surface area contributed by atoms with Crippen molar-refractivity contribution in [2.24, 2.45) is 0 Å². The molecule has 0 spiro atoms. The Morgan fingerprint density at radius 2 is 2.17 bits per heavy atom. The molecule has 0 aromatic heterocycles. The lowest BCUT2D eigenvalue weighted by Crippen LogP contribution is -2.45. The van der Waals surface area contributed by atoms with E-state index in [0.717, 1.165) is 58.8 Å². The maximum Gasteiger partial charge on any atom is 0.247 e. The fourth-order valence-corrected chi connectivity index (χ4v) is 4.31. The van der Waals surface area contributed by atoms with Gasteiger partial charge in [-0.15, -0.1) is 5.43 Å². The third kappa shape index (κ3) is 8.17. The van der Waals surface area contributed by atoms with Crippen LogP contribution in [0.15, 0.2) is 52.7 Å². The molecule has 8 heteroatoms. The van der Waals surface area contributed by atoms with E-state index in [4.69, 9.17) is 21.1 Å². The van der Waals surface area contributed by atoms with Crippen molar-refractivity contribution in [2.45, 2.75) is 71.6 Å². The zero-order chi connectivity index (χ0) is 26.1. The fraction of sp³-hybridized carbons (Fsp3) is 0.571. The molecule has 3 N–H and O–H groups in total. The lowest BCUT2D eigenvalue weighted by molar-refractivity contribution is -0.633. The highest BCUT2D eigenvalue weighted by atomic mass is 35.5. The Labute approximate surface area is 220 Å². The molecule has 0 aliphatic carbocycles. The average Bonchev–Trinajstić information content (AvgIpc) is 2.90. The summed E-state index contributed by atoms with van der Waals surface area (Å²) in [5, 5.41) is 7.40. The summed E-state index contributed by atoms with van der Waals surface area (Å²) in [6, 6.07) is 8.04. The second-order valence-electron chi connectivity index (χ2n) is 10.1. The summed E-state index contributed by atoms with van der Waals surface area (Å²) in [5.41, 5.74) is 7.53. The molecule has 3 rings (SSSR count). The van der Waals surface area contributed by atoms with E-state index in [-0.39, 0.29) is 17.7 Å². The first-order valence-corrected chi connectivity index (χ1v) is 13.4. The number of allylic oxidation sites excluding steroid dienone is 5. The number of hydrogen-bond donors (Lipinski definition) is 3. The Morgan fingerprint density at radius 1 is 1.36 bits per heavy atom. The van der Waals surface area contributed by atoms with Crippen LogP contribution < -0.4 is 16.1 Å². The van der Waals surface area contributed by atoms with Crippen molar-refractivity contribution < 1.29 is 14.3 Å². The normalized spacial score (nSPS) is 23.6. The highest BCUT2D eigenvalue weighted by Gasteiger charge is 2.29. The second-order valence-corrected chi connectivity index (χ2v) is 10.6. The molecule has 0 bridgehead atoms. The highest BCUT2D eigenvalue weighted by molar-refractivity contribution is 6.37. The minimum Gasteiger partial charge on any atom is -0.382 e. The zero-order valence-corrected chi connectivity index (χ0v) is 23.1. The highest BCUT2D eigenvalue weighted by Crippen LogP contribution is 2.30. The molecule has 2 atom stereocenters. The van der Waals surface area contributed by atoms with Crippen LogP contribution in [0.2, 0.25) is 0 Å². The van der Waals surface area contributed by atoms with Crippen molar-refractivity contribution in [3.8, 4) is 0 Å². The van der Waals surface area contributed by atoms with E-state index in [1.54, 1.807) is 0 Å². The molecule has 2 aliphatic heterocycles. The first-order valence-electron chi connectivity index (χ1n) is 13.0. The van der Waals surface area contributed by atoms with Gasteiger partial charge in [-0.05, 0) is 76.4 Å². The molecule has 7 nitrogen and oxygen atoms in total. The number of piperidine rings is 1. The summed E-state index contributed by atoms with van der Waals surface area (Å²) >= 11 is 6.70. The largest absolute Gasteiger partial charge is 0.382 e. The van der Waals surface area contributed by atoms with Gasteiger partial charge >= 0.3 is 0 Å². The number of hydrazine groups is 1. The topological polar surface area (TPSA) is 74.6 Å². The quantitative estimate of drug-likeness (QED) is 0.215. The third-order valence-corrected chi connectivity index (χ3v) is 7.08. The van der Waals surface area contributed by atoms with Gasteiger partial charge in [0.1, 0.15) is 4.87 Å². The molecular formula is C28H42ClN4O3+. The van der Waals surface area contributed by atoms with Gasteiger partial charge in [-0.25, -0.2) is 0 Å². The predicted octanol–water partition coefficient (Wildman–Crippen LogP) is 5.54. The van der Waals surface area contributed by atoms with E-state index in [1.165, 1.54) is 0 Å². The predicted molar refractivity (Wildman–Crippen MR) is 148 cm³/mol. The van der Waals surface area contributed by atoms with Crippen molar-refractivity contribution in [3.63, 3.8) is 0 Å². The summed E-state index contributed by atoms with van der Waals surface area (Å²) in [5.74, 6) is 0. The maximum absolute atomic E-state index is 12.9. The van der Waals surface area contributed by atoms with Crippen LogP contribution in [0.5, 0.6) is 0 Å². The van der Waals surface area contributed by atoms with E-state index in [0.29, 0.717) is 31.3 Å². The number of ether oxygens (including phenoxy) is 2. The van der Waals surface area contributed by atoms with Crippen molar-refractivity contribution in [3.05, 3.63) is 63.2 Å². The molecule has 2 fully saturated rings. The van der Waals surface area contributed by atoms with E-state index >= 15 is 0 Å². The van der Waals surface area contributed by atoms with Crippen LogP contribution in [0.25, 0.3) is 5.57 Å². The van der Waals surface area contributed by atoms with Crippen molar-refractivity contribution >= 4 is 22.9 Å². The van der Waals surface area contributed by atoms with Crippen LogP contribution in [0.3, 0.4) is 0 Å². The maximum atomic E-state index is 12.9. The lowest BCUT2D eigenvalue weighted by atomic mass is 10.0. The van der Waals surface area contributed by atoms with E-state index in [2.05, 4.69) is 29.0 Å². The first-order chi connectivity index (χ1) is 17.2. The Kier molecular flexibility index (Phi) is 10.5. The molecule has 1 aromatic carbocycles. The molecule has 2 aliphatic rings. The molecule has 36 heavy (non-hydrogen) atoms. The molecule has 0 saturated carbocycles. The lowest BCUT2D eigenvalue weighted by Gasteiger charge is -2.35. The number of anilines is 1. The van der Waals surface area contributed by atoms with Crippen LogP contribution >= 0.6 is 11.6 Å². The van der Waals surface area contributed by atoms with Gasteiger partial charge in [0, 0.05) is 29.3 Å². The van der Waals surface area contributed by atoms with Gasteiger partial charge in [0.2, 0.25) is 6.04 Å². The van der Waals surface area contributed by atoms with E-state index in [9.17, 15) is 4.91 Å². The van der Waals surface area contributed by atoms with Gasteiger partial charge in [0.15, 0.2) is 0 Å². The summed E-state index contributed by atoms with van der Waals surface area (Å²) in [6.07, 6.45) is 6.55. The van der Waals surface area contributed by atoms with Crippen LogP contribution in [0, 0.1) is 4.91 Å². The molecule has 2 saturated heterocycles. The van der Waals surface area contributed by atoms with Gasteiger partial charge in [0.05, 0.1) is 42.1 Å². The Hall–Kier alpha value is -2.19. The van der Waals surface area contributed by atoms with Gasteiger partial charge in [0.25, 0.3) is 0 Å². The molecule has 1 aromatic rings. The standard InChI is InChI=1S/C28H42ClN4O3/c1-6-20(3)27(32-33(34)23-12-9-13-30-16-23)15-25(26(29)7-2)21-10-8-11-22(14-21)31-17-24-18-36-28(4,5)19-35-24/h7-8,10-11,14-15,23-24,30-31H,6,9,12-13,16-19H2,1-5H3,(H,32,34)/q+1. The van der Waals surface area contributed by atoms with Crippen LogP contribution in [-0.2, 0) is 9.47 Å². The molecule has 2 heterocycles. The molecule has 0 amide bonds. The van der Waals surface area contributed by atoms with Crippen molar-refractivity contribution in [2.75, 3.05) is 38.2 Å². The SMILES string of the molecule is CC=C(Cl)C(=CC(N[N+](=O)C1CCCNC1)=C(C)CC)c1cccc(NCC2COC(C)(C)CO2)c1. The molecule has 198 valence electrons. The first kappa shape index (κ1) is 28.4. The van der Waals surface area contributed by atoms with Gasteiger partial charge in [-0.3, -0.25) is 0 Å².